The first-order valence-corrected chi connectivity index (χ1v) is 17.8. The lowest BCUT2D eigenvalue weighted by Crippen LogP contribution is -2.50. The smallest absolute Gasteiger partial charge is 0.410 e. The third-order valence-electron chi connectivity index (χ3n) is 9.54. The van der Waals surface area contributed by atoms with Crippen LogP contribution in [-0.4, -0.2) is 85.0 Å². The number of amides is 3. The van der Waals surface area contributed by atoms with E-state index in [0.29, 0.717) is 55.4 Å². The Bertz CT molecular complexity index is 2170. The van der Waals surface area contributed by atoms with Crippen LogP contribution in [0.2, 0.25) is 0 Å². The molecular formula is C39H44N10O4. The van der Waals surface area contributed by atoms with Crippen molar-refractivity contribution >= 4 is 41.0 Å². The number of nitrogen functional groups attached to an aromatic ring is 1. The summed E-state index contributed by atoms with van der Waals surface area (Å²) in [6.45, 7) is 11.4. The highest BCUT2D eigenvalue weighted by molar-refractivity contribution is 5.94. The predicted octanol–water partition coefficient (Wildman–Crippen LogP) is 5.11. The molecule has 0 aliphatic carbocycles. The average Bonchev–Trinajstić information content (AvgIpc) is 3.58. The van der Waals surface area contributed by atoms with E-state index in [1.54, 1.807) is 41.0 Å². The van der Waals surface area contributed by atoms with Crippen molar-refractivity contribution in [3.63, 3.8) is 0 Å². The minimum absolute atomic E-state index is 0.0616. The molecule has 14 heteroatoms. The number of ether oxygens (including phenoxy) is 1. The van der Waals surface area contributed by atoms with Gasteiger partial charge in [0.15, 0.2) is 11.5 Å². The average molecular weight is 717 g/mol. The number of imidazole rings is 1. The molecule has 3 amide bonds. The zero-order valence-electron chi connectivity index (χ0n) is 30.7. The maximum Gasteiger partial charge on any atom is 0.410 e. The number of hydrogen-bond donors (Lipinski definition) is 2. The first-order valence-electron chi connectivity index (χ1n) is 17.8. The summed E-state index contributed by atoms with van der Waals surface area (Å²) in [5, 5.41) is 3.01. The van der Waals surface area contributed by atoms with Gasteiger partial charge in [-0.05, 0) is 74.9 Å². The van der Waals surface area contributed by atoms with Gasteiger partial charge in [-0.15, -0.1) is 0 Å². The molecule has 5 aromatic rings. The van der Waals surface area contributed by atoms with Crippen LogP contribution < -0.4 is 20.9 Å². The largest absolute Gasteiger partial charge is 0.444 e. The zero-order chi connectivity index (χ0) is 37.4. The number of rotatable bonds is 6. The fourth-order valence-electron chi connectivity index (χ4n) is 6.84. The molecule has 14 nitrogen and oxygen atoms in total. The maximum absolute atomic E-state index is 13.5. The molecule has 3 N–H and O–H groups in total. The van der Waals surface area contributed by atoms with Gasteiger partial charge in [0.2, 0.25) is 11.9 Å². The lowest BCUT2D eigenvalue weighted by molar-refractivity contribution is -0.117. The monoisotopic (exact) mass is 716 g/mol. The van der Waals surface area contributed by atoms with E-state index in [1.165, 1.54) is 5.56 Å². The van der Waals surface area contributed by atoms with E-state index in [2.05, 4.69) is 39.2 Å². The van der Waals surface area contributed by atoms with Gasteiger partial charge in [-0.1, -0.05) is 30.3 Å². The summed E-state index contributed by atoms with van der Waals surface area (Å²) in [5.41, 5.74) is 12.4. The van der Waals surface area contributed by atoms with Gasteiger partial charge in [0.1, 0.15) is 11.3 Å². The van der Waals surface area contributed by atoms with E-state index in [-0.39, 0.29) is 35.6 Å². The number of aromatic nitrogens is 5. The summed E-state index contributed by atoms with van der Waals surface area (Å²) < 4.78 is 7.36. The van der Waals surface area contributed by atoms with E-state index in [1.807, 2.05) is 56.0 Å². The number of fused-ring (bicyclic) bond motifs is 2. The maximum atomic E-state index is 13.5. The number of carbonyl (C=O) groups excluding carboxylic acids is 3. The van der Waals surface area contributed by atoms with Gasteiger partial charge < -0.3 is 34.9 Å². The molecule has 2 aliphatic heterocycles. The number of nitrogens with one attached hydrogen (secondary N) is 1. The van der Waals surface area contributed by atoms with E-state index in [9.17, 15) is 14.4 Å². The molecule has 2 aromatic carbocycles. The minimum atomic E-state index is -0.587. The number of hydrogen-bond acceptors (Lipinski definition) is 10. The molecule has 1 atom stereocenters. The molecule has 5 heterocycles. The number of nitrogens with zero attached hydrogens (tertiary/aromatic N) is 8. The van der Waals surface area contributed by atoms with Crippen LogP contribution in [0.15, 0.2) is 67.3 Å². The molecule has 0 spiro atoms. The van der Waals surface area contributed by atoms with Crippen LogP contribution >= 0.6 is 0 Å². The Morgan fingerprint density at radius 1 is 0.925 bits per heavy atom. The second kappa shape index (κ2) is 14.2. The van der Waals surface area contributed by atoms with Crippen molar-refractivity contribution in [2.45, 2.75) is 65.6 Å². The van der Waals surface area contributed by atoms with Crippen molar-refractivity contribution in [1.29, 1.82) is 0 Å². The summed E-state index contributed by atoms with van der Waals surface area (Å²) >= 11 is 0. The molecule has 2 aliphatic rings. The molecule has 7 rings (SSSR count). The standard InChI is InChI=1S/C39H44N10O4/c1-24-6-9-29-18-28(12-13-33(29)49(24)25(2)50)27-10-7-26(8-11-27)19-41-36(51)32-23-48-22-31(30-20-42-37(40)43-21-30)44-34(35(48)45-32)46-14-16-47(17-15-46)38(52)53-39(3,4)5/h7-8,10-13,18,20-24H,6,9,14-17,19H2,1-5H3,(H,41,51)(H2,40,42,43)/t24-/m0/s1. The highest BCUT2D eigenvalue weighted by Crippen LogP contribution is 2.34. The van der Waals surface area contributed by atoms with Crippen LogP contribution in [0.5, 0.6) is 0 Å². The highest BCUT2D eigenvalue weighted by atomic mass is 16.6. The van der Waals surface area contributed by atoms with Gasteiger partial charge in [0, 0.05) is 81.7 Å². The highest BCUT2D eigenvalue weighted by Gasteiger charge is 2.29. The van der Waals surface area contributed by atoms with Gasteiger partial charge in [-0.2, -0.15) is 0 Å². The Balaban J connectivity index is 1.07. The SMILES string of the molecule is CC(=O)N1c2ccc(-c3ccc(CNC(=O)c4cn5cc(-c6cnc(N)nc6)nc(N6CCN(C(=O)OC(C)(C)C)CC6)c5n4)cc3)cc2CC[C@@H]1C. The number of carbonyl (C=O) groups is 3. The second-order valence-electron chi connectivity index (χ2n) is 14.6. The summed E-state index contributed by atoms with van der Waals surface area (Å²) in [6, 6.07) is 14.6. The van der Waals surface area contributed by atoms with Crippen molar-refractivity contribution in [1.82, 2.24) is 34.6 Å². The summed E-state index contributed by atoms with van der Waals surface area (Å²) in [4.78, 5) is 62.0. The topological polar surface area (TPSA) is 164 Å². The summed E-state index contributed by atoms with van der Waals surface area (Å²) in [6.07, 6.45) is 8.18. The molecule has 53 heavy (non-hydrogen) atoms. The molecule has 274 valence electrons. The van der Waals surface area contributed by atoms with Gasteiger partial charge >= 0.3 is 6.09 Å². The first kappa shape index (κ1) is 35.4. The molecule has 0 unspecified atom stereocenters. The lowest BCUT2D eigenvalue weighted by Gasteiger charge is -2.36. The molecule has 0 radical (unpaired) electrons. The number of benzene rings is 2. The third kappa shape index (κ3) is 7.62. The quantitative estimate of drug-likeness (QED) is 0.241. The molecular weight excluding hydrogens is 672 g/mol. The molecule has 3 aromatic heterocycles. The van der Waals surface area contributed by atoms with Crippen molar-refractivity contribution in [2.24, 2.45) is 0 Å². The van der Waals surface area contributed by atoms with E-state index < -0.39 is 5.60 Å². The number of nitrogens with two attached hydrogens (primary N) is 1. The van der Waals surface area contributed by atoms with Gasteiger partial charge in [-0.25, -0.2) is 24.7 Å². The Morgan fingerprint density at radius 3 is 2.30 bits per heavy atom. The number of piperazine rings is 1. The van der Waals surface area contributed by atoms with Crippen LogP contribution in [-0.2, 0) is 22.5 Å². The van der Waals surface area contributed by atoms with Gasteiger partial charge in [0.05, 0.1) is 5.69 Å². The normalized spacial score (nSPS) is 16.0. The molecule has 0 bridgehead atoms. The van der Waals surface area contributed by atoms with Crippen LogP contribution in [0.1, 0.15) is 62.7 Å². The zero-order valence-corrected chi connectivity index (χ0v) is 30.7. The molecule has 1 saturated heterocycles. The Morgan fingerprint density at radius 2 is 1.62 bits per heavy atom. The third-order valence-corrected chi connectivity index (χ3v) is 9.54. The van der Waals surface area contributed by atoms with Crippen LogP contribution in [0, 0.1) is 0 Å². The minimum Gasteiger partial charge on any atom is -0.444 e. The van der Waals surface area contributed by atoms with Crippen molar-refractivity contribution in [2.75, 3.05) is 41.7 Å². The molecule has 1 fully saturated rings. The molecule has 0 saturated carbocycles. The van der Waals surface area contributed by atoms with Crippen LogP contribution in [0.25, 0.3) is 28.0 Å². The van der Waals surface area contributed by atoms with Crippen molar-refractivity contribution in [3.8, 4) is 22.4 Å². The Labute approximate surface area is 308 Å². The summed E-state index contributed by atoms with van der Waals surface area (Å²) in [7, 11) is 0. The fraction of sp³-hybridized carbons (Fsp3) is 0.359. The van der Waals surface area contributed by atoms with E-state index in [0.717, 1.165) is 35.2 Å². The first-order chi connectivity index (χ1) is 25.3. The van der Waals surface area contributed by atoms with Gasteiger partial charge in [0.25, 0.3) is 5.91 Å². The van der Waals surface area contributed by atoms with Crippen molar-refractivity contribution < 1.29 is 19.1 Å². The second-order valence-corrected chi connectivity index (χ2v) is 14.6. The Hall–Kier alpha value is -6.05. The Kier molecular flexibility index (Phi) is 9.45. The van der Waals surface area contributed by atoms with Crippen molar-refractivity contribution in [3.05, 3.63) is 84.1 Å². The van der Waals surface area contributed by atoms with E-state index >= 15 is 0 Å². The van der Waals surface area contributed by atoms with Gasteiger partial charge in [-0.3, -0.25) is 9.59 Å². The predicted molar refractivity (Wildman–Crippen MR) is 202 cm³/mol. The lowest BCUT2D eigenvalue weighted by atomic mass is 9.93. The number of aryl methyl sites for hydroxylation is 1. The number of anilines is 3. The fourth-order valence-corrected chi connectivity index (χ4v) is 6.84. The summed E-state index contributed by atoms with van der Waals surface area (Å²) in [5.74, 6) is 0.463. The van der Waals surface area contributed by atoms with E-state index in [4.69, 9.17) is 20.4 Å². The van der Waals surface area contributed by atoms with Crippen LogP contribution in [0.4, 0.5) is 22.2 Å². The van der Waals surface area contributed by atoms with Crippen LogP contribution in [0.3, 0.4) is 0 Å².